The molecular formula is C13H28N2O. The van der Waals surface area contributed by atoms with Crippen molar-refractivity contribution in [3.63, 3.8) is 0 Å². The number of rotatable bonds is 6. The molecule has 0 aromatic rings. The van der Waals surface area contributed by atoms with Crippen molar-refractivity contribution in [2.75, 3.05) is 33.4 Å². The first-order valence-electron chi connectivity index (χ1n) is 6.43. The van der Waals surface area contributed by atoms with Crippen LogP contribution in [0, 0.1) is 17.3 Å². The molecule has 0 amide bonds. The van der Waals surface area contributed by atoms with Gasteiger partial charge in [-0.2, -0.15) is 0 Å². The van der Waals surface area contributed by atoms with Crippen LogP contribution in [0.15, 0.2) is 0 Å². The zero-order valence-corrected chi connectivity index (χ0v) is 11.5. The molecule has 0 aromatic heterocycles. The molecule has 0 saturated carbocycles. The van der Waals surface area contributed by atoms with Crippen LogP contribution >= 0.6 is 0 Å². The summed E-state index contributed by atoms with van der Waals surface area (Å²) in [5, 5.41) is 6.91. The van der Waals surface area contributed by atoms with Gasteiger partial charge in [-0.1, -0.05) is 27.7 Å². The van der Waals surface area contributed by atoms with Crippen LogP contribution in [-0.2, 0) is 4.74 Å². The SMILES string of the molecule is CNC1COCC1CNCC(C)(C)C(C)C. The highest BCUT2D eigenvalue weighted by Gasteiger charge is 2.27. The van der Waals surface area contributed by atoms with Gasteiger partial charge in [0.15, 0.2) is 0 Å². The highest BCUT2D eigenvalue weighted by atomic mass is 16.5. The maximum Gasteiger partial charge on any atom is 0.0623 e. The van der Waals surface area contributed by atoms with Crippen LogP contribution in [0.3, 0.4) is 0 Å². The van der Waals surface area contributed by atoms with Gasteiger partial charge in [-0.15, -0.1) is 0 Å². The van der Waals surface area contributed by atoms with E-state index in [1.165, 1.54) is 0 Å². The van der Waals surface area contributed by atoms with E-state index in [1.54, 1.807) is 0 Å². The second kappa shape index (κ2) is 5.99. The van der Waals surface area contributed by atoms with Crippen molar-refractivity contribution in [1.82, 2.24) is 10.6 Å². The summed E-state index contributed by atoms with van der Waals surface area (Å²) in [7, 11) is 2.02. The van der Waals surface area contributed by atoms with Crippen LogP contribution in [0.2, 0.25) is 0 Å². The van der Waals surface area contributed by atoms with Crippen molar-refractivity contribution >= 4 is 0 Å². The third kappa shape index (κ3) is 3.72. The standard InChI is InChI=1S/C13H28N2O/c1-10(2)13(3,4)9-15-6-11-7-16-8-12(11)14-5/h10-12,14-15H,6-9H2,1-5H3. The predicted molar refractivity (Wildman–Crippen MR) is 68.6 cm³/mol. The highest BCUT2D eigenvalue weighted by molar-refractivity contribution is 4.83. The normalized spacial score (nSPS) is 26.6. The first kappa shape index (κ1) is 13.9. The molecule has 3 nitrogen and oxygen atoms in total. The Balaban J connectivity index is 2.25. The summed E-state index contributed by atoms with van der Waals surface area (Å²) in [5.74, 6) is 1.33. The molecule has 2 N–H and O–H groups in total. The number of likely N-dealkylation sites (N-methyl/N-ethyl adjacent to an activating group) is 1. The highest BCUT2D eigenvalue weighted by Crippen LogP contribution is 2.24. The molecule has 0 radical (unpaired) electrons. The van der Waals surface area contributed by atoms with Crippen LogP contribution in [0.25, 0.3) is 0 Å². The molecule has 1 heterocycles. The van der Waals surface area contributed by atoms with E-state index in [0.717, 1.165) is 26.3 Å². The van der Waals surface area contributed by atoms with Crippen molar-refractivity contribution < 1.29 is 4.74 Å². The molecular weight excluding hydrogens is 200 g/mol. The Labute approximate surface area is 100 Å². The van der Waals surface area contributed by atoms with E-state index in [1.807, 2.05) is 7.05 Å². The molecule has 0 aromatic carbocycles. The van der Waals surface area contributed by atoms with E-state index in [9.17, 15) is 0 Å². The summed E-state index contributed by atoms with van der Waals surface area (Å²) >= 11 is 0. The van der Waals surface area contributed by atoms with Crippen molar-refractivity contribution in [2.45, 2.75) is 33.7 Å². The number of hydrogen-bond donors (Lipinski definition) is 2. The fourth-order valence-electron chi connectivity index (χ4n) is 1.90. The van der Waals surface area contributed by atoms with Gasteiger partial charge in [-0.05, 0) is 18.4 Å². The quantitative estimate of drug-likeness (QED) is 0.723. The molecule has 3 heteroatoms. The summed E-state index contributed by atoms with van der Waals surface area (Å²) in [4.78, 5) is 0. The van der Waals surface area contributed by atoms with E-state index >= 15 is 0 Å². The minimum Gasteiger partial charge on any atom is -0.379 e. The molecule has 1 aliphatic rings. The van der Waals surface area contributed by atoms with Gasteiger partial charge < -0.3 is 15.4 Å². The van der Waals surface area contributed by atoms with Crippen molar-refractivity contribution in [2.24, 2.45) is 17.3 Å². The van der Waals surface area contributed by atoms with Gasteiger partial charge in [0.25, 0.3) is 0 Å². The first-order valence-corrected chi connectivity index (χ1v) is 6.43. The van der Waals surface area contributed by atoms with E-state index < -0.39 is 0 Å². The summed E-state index contributed by atoms with van der Waals surface area (Å²) in [5.41, 5.74) is 0.370. The van der Waals surface area contributed by atoms with E-state index in [2.05, 4.69) is 38.3 Å². The molecule has 16 heavy (non-hydrogen) atoms. The van der Waals surface area contributed by atoms with E-state index in [4.69, 9.17) is 4.74 Å². The van der Waals surface area contributed by atoms with Crippen LogP contribution in [-0.4, -0.2) is 39.4 Å². The van der Waals surface area contributed by atoms with Crippen molar-refractivity contribution in [3.8, 4) is 0 Å². The van der Waals surface area contributed by atoms with Gasteiger partial charge >= 0.3 is 0 Å². The van der Waals surface area contributed by atoms with Gasteiger partial charge in [0.1, 0.15) is 0 Å². The molecule has 1 saturated heterocycles. The number of hydrogen-bond acceptors (Lipinski definition) is 3. The van der Waals surface area contributed by atoms with Gasteiger partial charge in [0.2, 0.25) is 0 Å². The molecule has 2 unspecified atom stereocenters. The monoisotopic (exact) mass is 228 g/mol. The summed E-state index contributed by atoms with van der Waals surface area (Å²) < 4.78 is 5.49. The second-order valence-corrected chi connectivity index (χ2v) is 5.97. The largest absolute Gasteiger partial charge is 0.379 e. The molecule has 1 aliphatic heterocycles. The molecule has 1 fully saturated rings. The molecule has 0 spiro atoms. The molecule has 2 atom stereocenters. The number of ether oxygens (including phenoxy) is 1. The second-order valence-electron chi connectivity index (χ2n) is 5.97. The van der Waals surface area contributed by atoms with Gasteiger partial charge in [-0.3, -0.25) is 0 Å². The lowest BCUT2D eigenvalue weighted by atomic mass is 9.81. The van der Waals surface area contributed by atoms with Crippen LogP contribution < -0.4 is 10.6 Å². The third-order valence-corrected chi connectivity index (χ3v) is 4.12. The Bertz CT molecular complexity index is 204. The fourth-order valence-corrected chi connectivity index (χ4v) is 1.90. The minimum atomic E-state index is 0.370. The maximum atomic E-state index is 5.49. The van der Waals surface area contributed by atoms with Gasteiger partial charge in [0.05, 0.1) is 13.2 Å². The lowest BCUT2D eigenvalue weighted by Gasteiger charge is -2.30. The van der Waals surface area contributed by atoms with Gasteiger partial charge in [0, 0.05) is 25.0 Å². The Morgan fingerprint density at radius 2 is 2.00 bits per heavy atom. The lowest BCUT2D eigenvalue weighted by molar-refractivity contribution is 0.180. The summed E-state index contributed by atoms with van der Waals surface area (Å²) in [6.07, 6.45) is 0. The smallest absolute Gasteiger partial charge is 0.0623 e. The number of nitrogens with one attached hydrogen (secondary N) is 2. The Hall–Kier alpha value is -0.120. The third-order valence-electron chi connectivity index (χ3n) is 4.12. The Kier molecular flexibility index (Phi) is 5.22. The van der Waals surface area contributed by atoms with Crippen molar-refractivity contribution in [3.05, 3.63) is 0 Å². The minimum absolute atomic E-state index is 0.370. The molecule has 0 bridgehead atoms. The molecule has 0 aliphatic carbocycles. The van der Waals surface area contributed by atoms with Crippen molar-refractivity contribution in [1.29, 1.82) is 0 Å². The predicted octanol–water partition coefficient (Wildman–Crippen LogP) is 1.49. The summed E-state index contributed by atoms with van der Waals surface area (Å²) in [6, 6.07) is 0.523. The Morgan fingerprint density at radius 1 is 1.31 bits per heavy atom. The van der Waals surface area contributed by atoms with Gasteiger partial charge in [-0.25, -0.2) is 0 Å². The molecule has 1 rings (SSSR count). The first-order chi connectivity index (χ1) is 7.47. The topological polar surface area (TPSA) is 33.3 Å². The van der Waals surface area contributed by atoms with Crippen LogP contribution in [0.1, 0.15) is 27.7 Å². The maximum absolute atomic E-state index is 5.49. The van der Waals surface area contributed by atoms with E-state index in [0.29, 0.717) is 23.3 Å². The zero-order valence-electron chi connectivity index (χ0n) is 11.5. The van der Waals surface area contributed by atoms with E-state index in [-0.39, 0.29) is 0 Å². The lowest BCUT2D eigenvalue weighted by Crippen LogP contribution is -2.41. The average Bonchev–Trinajstić information content (AvgIpc) is 2.64. The van der Waals surface area contributed by atoms with Crippen LogP contribution in [0.4, 0.5) is 0 Å². The average molecular weight is 228 g/mol. The molecule has 96 valence electrons. The summed E-state index contributed by atoms with van der Waals surface area (Å²) in [6.45, 7) is 13.1. The zero-order chi connectivity index (χ0) is 12.2. The van der Waals surface area contributed by atoms with Crippen LogP contribution in [0.5, 0.6) is 0 Å². The fraction of sp³-hybridized carbons (Fsp3) is 1.00. The Morgan fingerprint density at radius 3 is 2.56 bits per heavy atom.